The molecule has 2 aromatic carbocycles. The van der Waals surface area contributed by atoms with Crippen LogP contribution in [-0.4, -0.2) is 50.1 Å². The number of anilines is 2. The zero-order valence-corrected chi connectivity index (χ0v) is 20.7. The third kappa shape index (κ3) is 5.02. The van der Waals surface area contributed by atoms with Crippen molar-refractivity contribution in [3.05, 3.63) is 64.9 Å². The van der Waals surface area contributed by atoms with Gasteiger partial charge in [0.05, 0.1) is 5.57 Å². The fourth-order valence-electron chi connectivity index (χ4n) is 4.59. The Morgan fingerprint density at radius 3 is 2.32 bits per heavy atom. The first-order valence-corrected chi connectivity index (χ1v) is 12.2. The molecule has 1 fully saturated rings. The van der Waals surface area contributed by atoms with Crippen molar-refractivity contribution >= 4 is 28.8 Å². The Hall–Kier alpha value is -3.12. The van der Waals surface area contributed by atoms with Crippen LogP contribution in [0, 0.1) is 19.8 Å². The van der Waals surface area contributed by atoms with E-state index >= 15 is 0 Å². The Morgan fingerprint density at radius 1 is 0.971 bits per heavy atom. The molecule has 0 aromatic heterocycles. The standard InChI is InChI=1S/C28H35N3O3/c1-19-12-15-30(16-13-19)24-10-8-23(9-11-24)29-26-25(22-7-6-20(2)21(3)18-22)27(32)31(28(26)33)14-5-17-34-4/h6-11,18-19,29H,5,12-17H2,1-4H3. The molecule has 2 amide bonds. The van der Waals surface area contributed by atoms with Crippen molar-refractivity contribution in [3.8, 4) is 0 Å². The molecule has 180 valence electrons. The van der Waals surface area contributed by atoms with Crippen LogP contribution in [0.25, 0.3) is 5.57 Å². The van der Waals surface area contributed by atoms with E-state index in [2.05, 4.69) is 29.3 Å². The number of amides is 2. The second-order valence-corrected chi connectivity index (χ2v) is 9.50. The van der Waals surface area contributed by atoms with Crippen LogP contribution in [0.2, 0.25) is 0 Å². The fraction of sp³-hybridized carbons (Fsp3) is 0.429. The molecule has 2 heterocycles. The highest BCUT2D eigenvalue weighted by molar-refractivity contribution is 6.36. The lowest BCUT2D eigenvalue weighted by Crippen LogP contribution is -2.34. The summed E-state index contributed by atoms with van der Waals surface area (Å²) in [7, 11) is 1.62. The van der Waals surface area contributed by atoms with E-state index in [9.17, 15) is 9.59 Å². The molecule has 2 aromatic rings. The zero-order valence-electron chi connectivity index (χ0n) is 20.7. The van der Waals surface area contributed by atoms with Gasteiger partial charge < -0.3 is 15.0 Å². The van der Waals surface area contributed by atoms with Crippen molar-refractivity contribution in [1.29, 1.82) is 0 Å². The number of hydrogen-bond donors (Lipinski definition) is 1. The minimum atomic E-state index is -0.288. The number of carbonyl (C=O) groups is 2. The number of nitrogens with zero attached hydrogens (tertiary/aromatic N) is 2. The first kappa shape index (κ1) is 24.0. The SMILES string of the molecule is COCCCN1C(=O)C(Nc2ccc(N3CCC(C)CC3)cc2)=C(c2ccc(C)c(C)c2)C1=O. The van der Waals surface area contributed by atoms with Crippen LogP contribution in [0.5, 0.6) is 0 Å². The molecule has 1 N–H and O–H groups in total. The lowest BCUT2D eigenvalue weighted by Gasteiger charge is -2.32. The highest BCUT2D eigenvalue weighted by Gasteiger charge is 2.39. The Morgan fingerprint density at radius 2 is 1.68 bits per heavy atom. The summed E-state index contributed by atoms with van der Waals surface area (Å²) < 4.78 is 5.12. The molecular weight excluding hydrogens is 426 g/mol. The summed E-state index contributed by atoms with van der Waals surface area (Å²) in [6, 6.07) is 14.1. The zero-order chi connectivity index (χ0) is 24.2. The van der Waals surface area contributed by atoms with Crippen LogP contribution >= 0.6 is 0 Å². The molecule has 4 rings (SSSR count). The largest absolute Gasteiger partial charge is 0.385 e. The topological polar surface area (TPSA) is 61.9 Å². The number of benzene rings is 2. The first-order chi connectivity index (χ1) is 16.4. The molecule has 0 saturated carbocycles. The van der Waals surface area contributed by atoms with Crippen molar-refractivity contribution in [2.75, 3.05) is 43.6 Å². The van der Waals surface area contributed by atoms with Gasteiger partial charge in [-0.1, -0.05) is 25.1 Å². The summed E-state index contributed by atoms with van der Waals surface area (Å²) in [4.78, 5) is 30.4. The molecule has 1 saturated heterocycles. The van der Waals surface area contributed by atoms with Crippen LogP contribution < -0.4 is 10.2 Å². The van der Waals surface area contributed by atoms with Crippen LogP contribution in [0.4, 0.5) is 11.4 Å². The summed E-state index contributed by atoms with van der Waals surface area (Å²) in [5.41, 5.74) is 5.75. The van der Waals surface area contributed by atoms with Gasteiger partial charge in [0, 0.05) is 44.7 Å². The van der Waals surface area contributed by atoms with Crippen molar-refractivity contribution in [3.63, 3.8) is 0 Å². The second kappa shape index (κ2) is 10.4. The number of imide groups is 1. The Kier molecular flexibility index (Phi) is 7.37. The predicted molar refractivity (Wildman–Crippen MR) is 137 cm³/mol. The van der Waals surface area contributed by atoms with E-state index in [0.29, 0.717) is 30.8 Å². The normalized spacial score (nSPS) is 17.2. The molecule has 0 unspecified atom stereocenters. The Bertz CT molecular complexity index is 1080. The predicted octanol–water partition coefficient (Wildman–Crippen LogP) is 4.77. The first-order valence-electron chi connectivity index (χ1n) is 12.2. The van der Waals surface area contributed by atoms with Crippen LogP contribution in [0.1, 0.15) is 42.9 Å². The van der Waals surface area contributed by atoms with Gasteiger partial charge >= 0.3 is 0 Å². The number of hydrogen-bond acceptors (Lipinski definition) is 5. The molecule has 2 aliphatic rings. The quantitative estimate of drug-likeness (QED) is 0.453. The Balaban J connectivity index is 1.61. The van der Waals surface area contributed by atoms with Gasteiger partial charge in [0.1, 0.15) is 5.70 Å². The molecule has 2 aliphatic heterocycles. The smallest absolute Gasteiger partial charge is 0.278 e. The number of methoxy groups -OCH3 is 1. The van der Waals surface area contributed by atoms with Gasteiger partial charge in [-0.2, -0.15) is 0 Å². The summed E-state index contributed by atoms with van der Waals surface area (Å²) >= 11 is 0. The number of piperidine rings is 1. The van der Waals surface area contributed by atoms with Crippen molar-refractivity contribution in [2.24, 2.45) is 5.92 Å². The van der Waals surface area contributed by atoms with Gasteiger partial charge in [-0.15, -0.1) is 0 Å². The third-order valence-electron chi connectivity index (χ3n) is 6.98. The number of aryl methyl sites for hydroxylation is 2. The molecule has 6 heteroatoms. The molecule has 0 radical (unpaired) electrons. The third-order valence-corrected chi connectivity index (χ3v) is 6.98. The van der Waals surface area contributed by atoms with E-state index in [1.165, 1.54) is 23.4 Å². The van der Waals surface area contributed by atoms with Gasteiger partial charge in [0.15, 0.2) is 0 Å². The number of ether oxygens (including phenoxy) is 1. The summed E-state index contributed by atoms with van der Waals surface area (Å²) in [6.45, 7) is 9.33. The summed E-state index contributed by atoms with van der Waals surface area (Å²) in [6.07, 6.45) is 3.02. The van der Waals surface area contributed by atoms with Crippen molar-refractivity contribution in [2.45, 2.75) is 40.0 Å². The van der Waals surface area contributed by atoms with Crippen molar-refractivity contribution in [1.82, 2.24) is 4.90 Å². The second-order valence-electron chi connectivity index (χ2n) is 9.50. The average Bonchev–Trinajstić information content (AvgIpc) is 3.06. The maximum absolute atomic E-state index is 13.4. The highest BCUT2D eigenvalue weighted by Crippen LogP contribution is 2.32. The number of nitrogens with one attached hydrogen (secondary N) is 1. The van der Waals surface area contributed by atoms with E-state index in [-0.39, 0.29) is 11.8 Å². The van der Waals surface area contributed by atoms with E-state index in [4.69, 9.17) is 4.74 Å². The van der Waals surface area contributed by atoms with E-state index in [0.717, 1.165) is 41.4 Å². The van der Waals surface area contributed by atoms with Crippen molar-refractivity contribution < 1.29 is 14.3 Å². The molecule has 34 heavy (non-hydrogen) atoms. The maximum atomic E-state index is 13.4. The Labute approximate surface area is 202 Å². The molecular formula is C28H35N3O3. The molecule has 0 atom stereocenters. The van der Waals surface area contributed by atoms with Gasteiger partial charge in [0.25, 0.3) is 11.8 Å². The molecule has 0 aliphatic carbocycles. The van der Waals surface area contributed by atoms with E-state index in [1.54, 1.807) is 7.11 Å². The van der Waals surface area contributed by atoms with Gasteiger partial charge in [-0.25, -0.2) is 0 Å². The number of rotatable bonds is 8. The minimum absolute atomic E-state index is 0.258. The fourth-order valence-corrected chi connectivity index (χ4v) is 4.59. The maximum Gasteiger partial charge on any atom is 0.278 e. The van der Waals surface area contributed by atoms with Gasteiger partial charge in [-0.3, -0.25) is 14.5 Å². The molecule has 6 nitrogen and oxygen atoms in total. The highest BCUT2D eigenvalue weighted by atomic mass is 16.5. The minimum Gasteiger partial charge on any atom is -0.385 e. The number of carbonyl (C=O) groups excluding carboxylic acids is 2. The van der Waals surface area contributed by atoms with Gasteiger partial charge in [0.2, 0.25) is 0 Å². The molecule has 0 spiro atoms. The summed E-state index contributed by atoms with van der Waals surface area (Å²) in [5.74, 6) is 0.236. The summed E-state index contributed by atoms with van der Waals surface area (Å²) in [5, 5.41) is 3.28. The lowest BCUT2D eigenvalue weighted by atomic mass is 9.99. The van der Waals surface area contributed by atoms with Gasteiger partial charge in [-0.05, 0) is 80.0 Å². The van der Waals surface area contributed by atoms with Crippen LogP contribution in [0.15, 0.2) is 48.2 Å². The average molecular weight is 462 g/mol. The molecule has 0 bridgehead atoms. The van der Waals surface area contributed by atoms with E-state index < -0.39 is 0 Å². The lowest BCUT2D eigenvalue weighted by molar-refractivity contribution is -0.136. The van der Waals surface area contributed by atoms with E-state index in [1.807, 2.05) is 44.2 Å². The van der Waals surface area contributed by atoms with Crippen LogP contribution in [0.3, 0.4) is 0 Å². The monoisotopic (exact) mass is 461 g/mol. The van der Waals surface area contributed by atoms with Crippen LogP contribution in [-0.2, 0) is 14.3 Å².